The topological polar surface area (TPSA) is 58.6 Å². The van der Waals surface area contributed by atoms with E-state index in [0.717, 1.165) is 16.4 Å². The first-order valence-electron chi connectivity index (χ1n) is 6.06. The van der Waals surface area contributed by atoms with Crippen LogP contribution in [-0.2, 0) is 16.4 Å². The summed E-state index contributed by atoms with van der Waals surface area (Å²) >= 11 is 0. The minimum atomic E-state index is -4.44. The molecule has 5 nitrogen and oxygen atoms in total. The van der Waals surface area contributed by atoms with Gasteiger partial charge in [0, 0.05) is 14.1 Å². The van der Waals surface area contributed by atoms with Gasteiger partial charge in [-0.15, -0.1) is 0 Å². The largest absolute Gasteiger partial charge is 0.481 e. The fourth-order valence-electron chi connectivity index (χ4n) is 1.25. The molecule has 0 spiro atoms. The summed E-state index contributed by atoms with van der Waals surface area (Å²) in [6.07, 6.45) is -4.44. The second-order valence-corrected chi connectivity index (χ2v) is 6.25. The molecule has 122 valence electrons. The quantitative estimate of drug-likeness (QED) is 0.829. The lowest BCUT2D eigenvalue weighted by atomic mass is 10.2. The van der Waals surface area contributed by atoms with E-state index in [1.165, 1.54) is 26.2 Å². The number of rotatable bonds is 5. The number of alkyl halides is 3. The summed E-state index contributed by atoms with van der Waals surface area (Å²) in [4.78, 5) is 0. The molecule has 0 saturated carbocycles. The van der Waals surface area contributed by atoms with Gasteiger partial charge in [0.15, 0.2) is 0 Å². The molecule has 0 aliphatic carbocycles. The Labute approximate surface area is 127 Å². The van der Waals surface area contributed by atoms with E-state index in [4.69, 9.17) is 4.74 Å². The molecule has 0 radical (unpaired) electrons. The zero-order valence-corrected chi connectivity index (χ0v) is 12.8. The standard InChI is InChI=1S/C13H15F3N2O3S/c1-18(2)22(19,20)17-8-3-4-9-21-12-7-5-6-11(10-12)13(14,15)16/h5-7,10,17H,8-9H2,1-2H3. The second kappa shape index (κ2) is 7.49. The van der Waals surface area contributed by atoms with Crippen LogP contribution in [0.15, 0.2) is 24.3 Å². The van der Waals surface area contributed by atoms with Gasteiger partial charge in [0.25, 0.3) is 10.2 Å². The lowest BCUT2D eigenvalue weighted by Gasteiger charge is -2.09. The minimum Gasteiger partial charge on any atom is -0.481 e. The number of hydrogen-bond acceptors (Lipinski definition) is 3. The average Bonchev–Trinajstić information content (AvgIpc) is 2.42. The van der Waals surface area contributed by atoms with Gasteiger partial charge in [-0.05, 0) is 18.2 Å². The van der Waals surface area contributed by atoms with Gasteiger partial charge in [-0.2, -0.15) is 30.6 Å². The Kier molecular flexibility index (Phi) is 6.22. The van der Waals surface area contributed by atoms with Gasteiger partial charge in [0.1, 0.15) is 12.4 Å². The second-order valence-electron chi connectivity index (χ2n) is 4.28. The highest BCUT2D eigenvalue weighted by atomic mass is 32.2. The Balaban J connectivity index is 2.48. The summed E-state index contributed by atoms with van der Waals surface area (Å²) < 4.78 is 68.4. The van der Waals surface area contributed by atoms with Crippen LogP contribution in [-0.4, -0.2) is 40.0 Å². The minimum absolute atomic E-state index is 0.0398. The van der Waals surface area contributed by atoms with Crippen LogP contribution < -0.4 is 9.46 Å². The molecular weight excluding hydrogens is 321 g/mol. The molecule has 0 aliphatic rings. The molecule has 0 amide bonds. The molecule has 1 aromatic carbocycles. The van der Waals surface area contributed by atoms with E-state index in [1.807, 2.05) is 0 Å². The molecule has 0 bridgehead atoms. The van der Waals surface area contributed by atoms with E-state index in [-0.39, 0.29) is 18.9 Å². The van der Waals surface area contributed by atoms with E-state index < -0.39 is 21.9 Å². The first kappa shape index (κ1) is 18.3. The molecular formula is C13H15F3N2O3S. The van der Waals surface area contributed by atoms with Gasteiger partial charge in [-0.25, -0.2) is 0 Å². The van der Waals surface area contributed by atoms with Gasteiger partial charge >= 0.3 is 6.18 Å². The maximum absolute atomic E-state index is 12.5. The summed E-state index contributed by atoms with van der Waals surface area (Å²) in [5.74, 6) is 5.04. The molecule has 0 saturated heterocycles. The average molecular weight is 336 g/mol. The summed E-state index contributed by atoms with van der Waals surface area (Å²) in [6, 6.07) is 4.42. The van der Waals surface area contributed by atoms with Gasteiger partial charge in [-0.1, -0.05) is 17.9 Å². The van der Waals surface area contributed by atoms with E-state index in [1.54, 1.807) is 0 Å². The zero-order valence-electron chi connectivity index (χ0n) is 11.9. The fraction of sp³-hybridized carbons (Fsp3) is 0.385. The van der Waals surface area contributed by atoms with Crippen LogP contribution in [0, 0.1) is 11.8 Å². The van der Waals surface area contributed by atoms with Crippen molar-refractivity contribution in [3.05, 3.63) is 29.8 Å². The molecule has 1 N–H and O–H groups in total. The zero-order chi connectivity index (χ0) is 16.8. The monoisotopic (exact) mass is 336 g/mol. The molecule has 22 heavy (non-hydrogen) atoms. The number of nitrogens with one attached hydrogen (secondary N) is 1. The number of benzene rings is 1. The molecule has 0 unspecified atom stereocenters. The lowest BCUT2D eigenvalue weighted by Crippen LogP contribution is -2.35. The summed E-state index contributed by atoms with van der Waals surface area (Å²) in [5, 5.41) is 0. The van der Waals surface area contributed by atoms with Crippen molar-refractivity contribution in [3.63, 3.8) is 0 Å². The van der Waals surface area contributed by atoms with E-state index in [2.05, 4.69) is 16.6 Å². The molecule has 0 fully saturated rings. The van der Waals surface area contributed by atoms with Gasteiger partial charge < -0.3 is 4.74 Å². The SMILES string of the molecule is CN(C)S(=O)(=O)NCC#CCOc1cccc(C(F)(F)F)c1. The van der Waals surface area contributed by atoms with Crippen LogP contribution >= 0.6 is 0 Å². The third-order valence-corrected chi connectivity index (χ3v) is 3.89. The van der Waals surface area contributed by atoms with Gasteiger partial charge in [-0.3, -0.25) is 0 Å². The number of ether oxygens (including phenoxy) is 1. The normalized spacial score (nSPS) is 11.9. The van der Waals surface area contributed by atoms with Gasteiger partial charge in [0.05, 0.1) is 12.1 Å². The van der Waals surface area contributed by atoms with Crippen molar-refractivity contribution in [1.82, 2.24) is 9.03 Å². The third-order valence-electron chi connectivity index (χ3n) is 2.42. The number of halogens is 3. The van der Waals surface area contributed by atoms with Crippen molar-refractivity contribution in [2.45, 2.75) is 6.18 Å². The third kappa shape index (κ3) is 5.93. The van der Waals surface area contributed by atoms with Crippen LogP contribution in [0.4, 0.5) is 13.2 Å². The van der Waals surface area contributed by atoms with Crippen molar-refractivity contribution in [1.29, 1.82) is 0 Å². The maximum atomic E-state index is 12.5. The van der Waals surface area contributed by atoms with Crippen molar-refractivity contribution < 1.29 is 26.3 Å². The highest BCUT2D eigenvalue weighted by molar-refractivity contribution is 7.87. The highest BCUT2D eigenvalue weighted by Crippen LogP contribution is 2.31. The van der Waals surface area contributed by atoms with Crippen LogP contribution in [0.5, 0.6) is 5.75 Å². The lowest BCUT2D eigenvalue weighted by molar-refractivity contribution is -0.137. The van der Waals surface area contributed by atoms with Crippen LogP contribution in [0.2, 0.25) is 0 Å². The molecule has 9 heteroatoms. The summed E-state index contributed by atoms with van der Waals surface area (Å²) in [5.41, 5.74) is -0.809. The highest BCUT2D eigenvalue weighted by Gasteiger charge is 2.30. The van der Waals surface area contributed by atoms with Crippen LogP contribution in [0.25, 0.3) is 0 Å². The Hall–Kier alpha value is -1.76. The summed E-state index contributed by atoms with van der Waals surface area (Å²) in [7, 11) is -0.809. The van der Waals surface area contributed by atoms with Crippen LogP contribution in [0.1, 0.15) is 5.56 Å². The van der Waals surface area contributed by atoms with E-state index in [0.29, 0.717) is 0 Å². The van der Waals surface area contributed by atoms with Crippen LogP contribution in [0.3, 0.4) is 0 Å². The molecule has 0 heterocycles. The number of nitrogens with zero attached hydrogens (tertiary/aromatic N) is 1. The molecule has 0 aliphatic heterocycles. The van der Waals surface area contributed by atoms with Crippen molar-refractivity contribution in [3.8, 4) is 17.6 Å². The Morgan fingerprint density at radius 2 is 1.95 bits per heavy atom. The Morgan fingerprint density at radius 3 is 2.55 bits per heavy atom. The van der Waals surface area contributed by atoms with Crippen molar-refractivity contribution in [2.24, 2.45) is 0 Å². The predicted molar refractivity (Wildman–Crippen MR) is 75.3 cm³/mol. The fourth-order valence-corrected chi connectivity index (χ4v) is 1.76. The molecule has 0 aromatic heterocycles. The van der Waals surface area contributed by atoms with Gasteiger partial charge in [0.2, 0.25) is 0 Å². The number of hydrogen-bond donors (Lipinski definition) is 1. The Morgan fingerprint density at radius 1 is 1.27 bits per heavy atom. The van der Waals surface area contributed by atoms with E-state index >= 15 is 0 Å². The first-order valence-corrected chi connectivity index (χ1v) is 7.50. The maximum Gasteiger partial charge on any atom is 0.416 e. The van der Waals surface area contributed by atoms with Crippen molar-refractivity contribution in [2.75, 3.05) is 27.2 Å². The van der Waals surface area contributed by atoms with E-state index in [9.17, 15) is 21.6 Å². The molecule has 0 atom stereocenters. The summed E-state index contributed by atoms with van der Waals surface area (Å²) in [6.45, 7) is -0.266. The Bertz CT molecular complexity index is 661. The smallest absolute Gasteiger partial charge is 0.416 e. The first-order chi connectivity index (χ1) is 10.1. The molecule has 1 rings (SSSR count). The van der Waals surface area contributed by atoms with Crippen molar-refractivity contribution >= 4 is 10.2 Å². The molecule has 1 aromatic rings. The predicted octanol–water partition coefficient (Wildman–Crippen LogP) is 1.48.